The van der Waals surface area contributed by atoms with E-state index in [2.05, 4.69) is 10.6 Å². The number of nitrogens with one attached hydrogen (secondary N) is 2. The van der Waals surface area contributed by atoms with Crippen LogP contribution >= 0.6 is 23.2 Å². The second-order valence-electron chi connectivity index (χ2n) is 5.18. The quantitative estimate of drug-likeness (QED) is 0.769. The van der Waals surface area contributed by atoms with Gasteiger partial charge < -0.3 is 15.4 Å². The van der Waals surface area contributed by atoms with Crippen LogP contribution in [-0.2, 0) is 16.0 Å². The highest BCUT2D eigenvalue weighted by molar-refractivity contribution is 6.42. The van der Waals surface area contributed by atoms with Crippen molar-refractivity contribution in [2.75, 3.05) is 18.5 Å². The summed E-state index contributed by atoms with van der Waals surface area (Å²) in [6.45, 7) is 1.59. The number of hydrogen-bond donors (Lipinski definition) is 2. The van der Waals surface area contributed by atoms with Crippen molar-refractivity contribution in [2.45, 2.75) is 13.3 Å². The molecule has 5 nitrogen and oxygen atoms in total. The van der Waals surface area contributed by atoms with Crippen LogP contribution in [-0.4, -0.2) is 25.0 Å². The van der Waals surface area contributed by atoms with Gasteiger partial charge in [-0.25, -0.2) is 0 Å². The summed E-state index contributed by atoms with van der Waals surface area (Å²) >= 11 is 11.8. The van der Waals surface area contributed by atoms with Gasteiger partial charge >= 0.3 is 0 Å². The average Bonchev–Trinajstić information content (AvgIpc) is 2.61. The van der Waals surface area contributed by atoms with Gasteiger partial charge in [0.05, 0.1) is 11.6 Å². The van der Waals surface area contributed by atoms with Crippen LogP contribution in [0, 0.1) is 0 Å². The standard InChI is InChI=1S/C18H18Cl2N2O3/c1-2-12-6-3-4-8-14(12)22-16(23)10-21-17(24)11-25-15-9-5-7-13(19)18(15)20/h3-9H,2,10-11H2,1H3,(H,21,24)(H,22,23). The third-order valence-electron chi connectivity index (χ3n) is 3.39. The summed E-state index contributed by atoms with van der Waals surface area (Å²) in [5, 5.41) is 5.85. The van der Waals surface area contributed by atoms with Gasteiger partial charge in [-0.05, 0) is 30.2 Å². The summed E-state index contributed by atoms with van der Waals surface area (Å²) in [4.78, 5) is 23.8. The molecule has 2 aromatic carbocycles. The zero-order chi connectivity index (χ0) is 18.2. The van der Waals surface area contributed by atoms with Crippen molar-refractivity contribution in [2.24, 2.45) is 0 Å². The molecule has 0 unspecified atom stereocenters. The van der Waals surface area contributed by atoms with E-state index in [0.717, 1.165) is 17.7 Å². The van der Waals surface area contributed by atoms with Crippen LogP contribution in [0.25, 0.3) is 0 Å². The Morgan fingerprint density at radius 2 is 1.80 bits per heavy atom. The lowest BCUT2D eigenvalue weighted by Crippen LogP contribution is -2.35. The van der Waals surface area contributed by atoms with E-state index < -0.39 is 5.91 Å². The highest BCUT2D eigenvalue weighted by Crippen LogP contribution is 2.31. The fourth-order valence-electron chi connectivity index (χ4n) is 2.11. The molecule has 0 atom stereocenters. The molecule has 7 heteroatoms. The van der Waals surface area contributed by atoms with Gasteiger partial charge in [0.2, 0.25) is 5.91 Å². The minimum atomic E-state index is -0.435. The van der Waals surface area contributed by atoms with Gasteiger partial charge in [-0.3, -0.25) is 9.59 Å². The minimum absolute atomic E-state index is 0.149. The molecule has 2 rings (SSSR count). The first-order valence-corrected chi connectivity index (χ1v) is 8.48. The van der Waals surface area contributed by atoms with Gasteiger partial charge in [0.1, 0.15) is 10.8 Å². The average molecular weight is 381 g/mol. The molecule has 25 heavy (non-hydrogen) atoms. The molecule has 0 aliphatic carbocycles. The van der Waals surface area contributed by atoms with Crippen LogP contribution in [0.4, 0.5) is 5.69 Å². The molecular formula is C18H18Cl2N2O3. The summed E-state index contributed by atoms with van der Waals surface area (Å²) in [5.41, 5.74) is 1.77. The lowest BCUT2D eigenvalue weighted by atomic mass is 10.1. The predicted octanol–water partition coefficient (Wildman–Crippen LogP) is 3.69. The largest absolute Gasteiger partial charge is 0.482 e. The molecule has 0 radical (unpaired) electrons. The van der Waals surface area contributed by atoms with E-state index in [1.165, 1.54) is 0 Å². The van der Waals surface area contributed by atoms with E-state index in [0.29, 0.717) is 10.8 Å². The van der Waals surface area contributed by atoms with Crippen LogP contribution in [0.5, 0.6) is 5.75 Å². The second-order valence-corrected chi connectivity index (χ2v) is 5.96. The van der Waals surface area contributed by atoms with Gasteiger partial charge in [0.15, 0.2) is 6.61 Å². The van der Waals surface area contributed by atoms with Crippen molar-refractivity contribution in [3.8, 4) is 5.75 Å². The Kier molecular flexibility index (Phi) is 7.10. The zero-order valence-corrected chi connectivity index (χ0v) is 15.2. The summed E-state index contributed by atoms with van der Waals surface area (Å²) in [5.74, 6) is -0.435. The molecule has 0 heterocycles. The molecule has 2 amide bonds. The Morgan fingerprint density at radius 3 is 2.56 bits per heavy atom. The molecule has 132 valence electrons. The number of ether oxygens (including phenoxy) is 1. The Morgan fingerprint density at radius 1 is 1.04 bits per heavy atom. The molecule has 0 fully saturated rings. The van der Waals surface area contributed by atoms with E-state index in [1.54, 1.807) is 18.2 Å². The molecule has 2 N–H and O–H groups in total. The lowest BCUT2D eigenvalue weighted by Gasteiger charge is -2.11. The molecule has 0 bridgehead atoms. The first-order chi connectivity index (χ1) is 12.0. The first-order valence-electron chi connectivity index (χ1n) is 7.72. The van der Waals surface area contributed by atoms with Crippen molar-refractivity contribution in [1.29, 1.82) is 0 Å². The number of halogens is 2. The molecular weight excluding hydrogens is 363 g/mol. The number of hydrogen-bond acceptors (Lipinski definition) is 3. The minimum Gasteiger partial charge on any atom is -0.482 e. The van der Waals surface area contributed by atoms with Crippen molar-refractivity contribution < 1.29 is 14.3 Å². The van der Waals surface area contributed by atoms with Crippen LogP contribution in [0.1, 0.15) is 12.5 Å². The highest BCUT2D eigenvalue weighted by atomic mass is 35.5. The monoisotopic (exact) mass is 380 g/mol. The first kappa shape index (κ1) is 19.1. The number of aryl methyl sites for hydroxylation is 1. The van der Waals surface area contributed by atoms with Crippen LogP contribution in [0.3, 0.4) is 0 Å². The summed E-state index contributed by atoms with van der Waals surface area (Å²) in [6.07, 6.45) is 0.803. The third kappa shape index (κ3) is 5.66. The Labute approximate surface area is 156 Å². The molecule has 2 aromatic rings. The van der Waals surface area contributed by atoms with E-state index in [9.17, 15) is 9.59 Å². The van der Waals surface area contributed by atoms with Crippen LogP contribution < -0.4 is 15.4 Å². The van der Waals surface area contributed by atoms with Crippen LogP contribution in [0.2, 0.25) is 10.0 Å². The van der Waals surface area contributed by atoms with Crippen molar-refractivity contribution >= 4 is 40.7 Å². The maximum Gasteiger partial charge on any atom is 0.258 e. The lowest BCUT2D eigenvalue weighted by molar-refractivity contribution is -0.125. The van der Waals surface area contributed by atoms with Crippen molar-refractivity contribution in [1.82, 2.24) is 5.32 Å². The smallest absolute Gasteiger partial charge is 0.258 e. The van der Waals surface area contributed by atoms with E-state index >= 15 is 0 Å². The maximum atomic E-state index is 12.0. The van der Waals surface area contributed by atoms with Crippen molar-refractivity contribution in [3.05, 3.63) is 58.1 Å². The fourth-order valence-corrected chi connectivity index (χ4v) is 2.46. The summed E-state index contributed by atoms with van der Waals surface area (Å²) in [6, 6.07) is 12.4. The normalized spacial score (nSPS) is 10.2. The number of carbonyl (C=O) groups is 2. The molecule has 0 aliphatic heterocycles. The number of anilines is 1. The second kappa shape index (κ2) is 9.30. The number of benzene rings is 2. The maximum absolute atomic E-state index is 12.0. The van der Waals surface area contributed by atoms with Crippen LogP contribution in [0.15, 0.2) is 42.5 Å². The van der Waals surface area contributed by atoms with Gasteiger partial charge in [0, 0.05) is 5.69 Å². The predicted molar refractivity (Wildman–Crippen MR) is 99.4 cm³/mol. The van der Waals surface area contributed by atoms with Crippen molar-refractivity contribution in [3.63, 3.8) is 0 Å². The van der Waals surface area contributed by atoms with Gasteiger partial charge in [-0.15, -0.1) is 0 Å². The molecule has 0 spiro atoms. The summed E-state index contributed by atoms with van der Waals surface area (Å²) < 4.78 is 5.31. The highest BCUT2D eigenvalue weighted by Gasteiger charge is 2.10. The van der Waals surface area contributed by atoms with E-state index in [4.69, 9.17) is 27.9 Å². The topological polar surface area (TPSA) is 67.4 Å². The zero-order valence-electron chi connectivity index (χ0n) is 13.6. The SMILES string of the molecule is CCc1ccccc1NC(=O)CNC(=O)COc1cccc(Cl)c1Cl. The number of amides is 2. The Hall–Kier alpha value is -2.24. The van der Waals surface area contributed by atoms with Gasteiger partial charge in [-0.1, -0.05) is 54.4 Å². The number of carbonyl (C=O) groups excluding carboxylic acids is 2. The molecule has 0 aromatic heterocycles. The molecule has 0 aliphatic rings. The fraction of sp³-hybridized carbons (Fsp3) is 0.222. The molecule has 0 saturated carbocycles. The van der Waals surface area contributed by atoms with Gasteiger partial charge in [0.25, 0.3) is 5.91 Å². The van der Waals surface area contributed by atoms with E-state index in [1.807, 2.05) is 31.2 Å². The van der Waals surface area contributed by atoms with E-state index in [-0.39, 0.29) is 24.1 Å². The Bertz CT molecular complexity index is 766. The third-order valence-corrected chi connectivity index (χ3v) is 4.19. The number of para-hydroxylation sites is 1. The van der Waals surface area contributed by atoms with Gasteiger partial charge in [-0.2, -0.15) is 0 Å². The Balaban J connectivity index is 1.79. The number of rotatable bonds is 7. The molecule has 0 saturated heterocycles. The summed E-state index contributed by atoms with van der Waals surface area (Å²) in [7, 11) is 0.